The third-order valence-corrected chi connectivity index (χ3v) is 11.6. The van der Waals surface area contributed by atoms with Crippen LogP contribution >= 0.6 is 0 Å². The Labute approximate surface area is 341 Å². The zero-order chi connectivity index (χ0) is 40.9. The molecule has 1 heterocycles. The molecule has 0 aliphatic carbocycles. The van der Waals surface area contributed by atoms with E-state index in [4.69, 9.17) is 0 Å². The fourth-order valence-electron chi connectivity index (χ4n) is 7.34. The highest BCUT2D eigenvalue weighted by atomic mass is 15.2. The second-order valence-electron chi connectivity index (χ2n) is 18.1. The maximum Gasteiger partial charge on any atom is 0.200 e. The van der Waals surface area contributed by atoms with E-state index in [0.29, 0.717) is 5.92 Å². The standard InChI is InChI=1S/C52H68BN3/c1-15-32-54(43-28-23-41(24-29-43)52(12,13)14)48-33-38(6)34-49-50(48)53-46-31-30-45(35-47(46)56(49)42(17-3)27-21-39(7)51(9,10)11)55(40(8)22-18-36(4)16-2)44-25-19-37(5)20-26-44/h17-31,33-35,39,53H,15-16,32H2,1-14H3/b27-21-,36-18-,40-22+,42-17+. The van der Waals surface area contributed by atoms with Gasteiger partial charge in [0, 0.05) is 52.1 Å². The van der Waals surface area contributed by atoms with Gasteiger partial charge in [-0.05, 0) is 141 Å². The van der Waals surface area contributed by atoms with Crippen molar-refractivity contribution in [2.45, 2.75) is 115 Å². The minimum Gasteiger partial charge on any atom is -0.342 e. The van der Waals surface area contributed by atoms with Crippen LogP contribution in [0, 0.1) is 25.2 Å². The molecule has 0 aromatic heterocycles. The minimum absolute atomic E-state index is 0.106. The topological polar surface area (TPSA) is 9.72 Å². The molecule has 0 N–H and O–H groups in total. The summed E-state index contributed by atoms with van der Waals surface area (Å²) in [6.45, 7) is 32.7. The van der Waals surface area contributed by atoms with Gasteiger partial charge in [0.25, 0.3) is 0 Å². The van der Waals surface area contributed by atoms with Crippen molar-refractivity contribution in [3.05, 3.63) is 143 Å². The molecule has 294 valence electrons. The van der Waals surface area contributed by atoms with Gasteiger partial charge in [0.2, 0.25) is 7.28 Å². The number of rotatable bonds is 12. The maximum absolute atomic E-state index is 2.56. The average molecular weight is 746 g/mol. The molecule has 0 saturated heterocycles. The van der Waals surface area contributed by atoms with E-state index >= 15 is 0 Å². The molecule has 0 spiro atoms. The molecule has 3 nitrogen and oxygen atoms in total. The van der Waals surface area contributed by atoms with Gasteiger partial charge < -0.3 is 14.7 Å². The van der Waals surface area contributed by atoms with Crippen molar-refractivity contribution < 1.29 is 0 Å². The Morgan fingerprint density at radius 3 is 2.00 bits per heavy atom. The first-order valence-electron chi connectivity index (χ1n) is 21.0. The predicted octanol–water partition coefficient (Wildman–Crippen LogP) is 13.5. The van der Waals surface area contributed by atoms with Gasteiger partial charge in [-0.3, -0.25) is 0 Å². The summed E-state index contributed by atoms with van der Waals surface area (Å²) in [7, 11) is 0.855. The number of fused-ring (bicyclic) bond motifs is 2. The highest BCUT2D eigenvalue weighted by Crippen LogP contribution is 2.40. The van der Waals surface area contributed by atoms with Gasteiger partial charge in [-0.2, -0.15) is 0 Å². The summed E-state index contributed by atoms with van der Waals surface area (Å²) in [5.41, 5.74) is 17.9. The Morgan fingerprint density at radius 2 is 1.41 bits per heavy atom. The van der Waals surface area contributed by atoms with Gasteiger partial charge in [-0.15, -0.1) is 0 Å². The van der Waals surface area contributed by atoms with Gasteiger partial charge in [0.1, 0.15) is 0 Å². The first-order chi connectivity index (χ1) is 26.5. The van der Waals surface area contributed by atoms with Crippen molar-refractivity contribution in [3.8, 4) is 0 Å². The monoisotopic (exact) mass is 746 g/mol. The Kier molecular flexibility index (Phi) is 13.4. The van der Waals surface area contributed by atoms with Crippen molar-refractivity contribution in [1.29, 1.82) is 0 Å². The molecular formula is C52H68BN3. The van der Waals surface area contributed by atoms with Crippen LogP contribution in [-0.4, -0.2) is 13.8 Å². The molecular weight excluding hydrogens is 677 g/mol. The molecule has 1 atom stereocenters. The van der Waals surface area contributed by atoms with E-state index in [0.717, 1.165) is 38.0 Å². The molecule has 4 aromatic rings. The first kappa shape index (κ1) is 42.4. The van der Waals surface area contributed by atoms with E-state index in [-0.39, 0.29) is 10.8 Å². The van der Waals surface area contributed by atoms with Crippen LogP contribution in [0.3, 0.4) is 0 Å². The molecule has 5 rings (SSSR count). The smallest absolute Gasteiger partial charge is 0.200 e. The molecule has 0 amide bonds. The van der Waals surface area contributed by atoms with E-state index in [1.165, 1.54) is 67.3 Å². The molecule has 0 fully saturated rings. The molecule has 56 heavy (non-hydrogen) atoms. The highest BCUT2D eigenvalue weighted by Gasteiger charge is 2.31. The molecule has 0 saturated carbocycles. The molecule has 1 aliphatic heterocycles. The number of nitrogens with zero attached hydrogens (tertiary/aromatic N) is 3. The van der Waals surface area contributed by atoms with Crippen molar-refractivity contribution in [1.82, 2.24) is 0 Å². The molecule has 1 aliphatic rings. The highest BCUT2D eigenvalue weighted by molar-refractivity contribution is 6.73. The van der Waals surface area contributed by atoms with E-state index < -0.39 is 0 Å². The SMILES string of the molecule is C/C=C(\C=C/C(C)C(C)(C)C)N1c2cc(N(/C(C)=C/C=C(/C)CC)c3ccc(C)cc3)ccc2Bc2c(N(CCC)c3ccc(C(C)(C)C)cc3)cc(C)cc21. The fraction of sp³-hybridized carbons (Fsp3) is 0.385. The van der Waals surface area contributed by atoms with Crippen molar-refractivity contribution in [2.24, 2.45) is 11.3 Å². The number of hydrogen-bond acceptors (Lipinski definition) is 3. The van der Waals surface area contributed by atoms with Crippen LogP contribution in [0.4, 0.5) is 34.1 Å². The largest absolute Gasteiger partial charge is 0.342 e. The van der Waals surface area contributed by atoms with Crippen molar-refractivity contribution in [3.63, 3.8) is 0 Å². The van der Waals surface area contributed by atoms with Crippen molar-refractivity contribution in [2.75, 3.05) is 21.2 Å². The summed E-state index contributed by atoms with van der Waals surface area (Å²) < 4.78 is 0. The second-order valence-corrected chi connectivity index (χ2v) is 18.1. The summed E-state index contributed by atoms with van der Waals surface area (Å²) >= 11 is 0. The third kappa shape index (κ3) is 9.63. The number of hydrogen-bond donors (Lipinski definition) is 0. The van der Waals surface area contributed by atoms with Crippen LogP contribution in [0.5, 0.6) is 0 Å². The third-order valence-electron chi connectivity index (χ3n) is 11.6. The van der Waals surface area contributed by atoms with Crippen LogP contribution in [0.1, 0.15) is 113 Å². The van der Waals surface area contributed by atoms with Crippen LogP contribution in [0.2, 0.25) is 0 Å². The summed E-state index contributed by atoms with van der Waals surface area (Å²) in [5.74, 6) is 0.404. The van der Waals surface area contributed by atoms with Gasteiger partial charge in [0.15, 0.2) is 0 Å². The normalized spacial score (nSPS) is 14.4. The average Bonchev–Trinajstić information content (AvgIpc) is 3.15. The van der Waals surface area contributed by atoms with Gasteiger partial charge in [0.05, 0.1) is 0 Å². The molecule has 0 bridgehead atoms. The van der Waals surface area contributed by atoms with Gasteiger partial charge >= 0.3 is 0 Å². The lowest BCUT2D eigenvalue weighted by Crippen LogP contribution is -2.44. The lowest BCUT2D eigenvalue weighted by atomic mass is 9.59. The zero-order valence-corrected chi connectivity index (χ0v) is 37.1. The van der Waals surface area contributed by atoms with E-state index in [9.17, 15) is 0 Å². The number of aryl methyl sites for hydroxylation is 2. The molecule has 4 aromatic carbocycles. The number of allylic oxidation sites excluding steroid dienone is 7. The number of anilines is 6. The molecule has 1 unspecified atom stereocenters. The van der Waals surface area contributed by atoms with Crippen LogP contribution in [0.25, 0.3) is 0 Å². The lowest BCUT2D eigenvalue weighted by Gasteiger charge is -2.39. The van der Waals surface area contributed by atoms with Crippen LogP contribution < -0.4 is 25.6 Å². The summed E-state index contributed by atoms with van der Waals surface area (Å²) in [5, 5.41) is 0. The Morgan fingerprint density at radius 1 is 0.768 bits per heavy atom. The quantitative estimate of drug-likeness (QED) is 0.106. The Bertz CT molecular complexity index is 2100. The van der Waals surface area contributed by atoms with Crippen molar-refractivity contribution >= 4 is 52.3 Å². The second kappa shape index (κ2) is 17.6. The molecule has 0 radical (unpaired) electrons. The zero-order valence-electron chi connectivity index (χ0n) is 37.1. The Hall–Kier alpha value is -4.70. The predicted molar refractivity (Wildman–Crippen MR) is 251 cm³/mol. The van der Waals surface area contributed by atoms with E-state index in [1.807, 2.05) is 0 Å². The van der Waals surface area contributed by atoms with E-state index in [2.05, 4.69) is 221 Å². The first-order valence-corrected chi connectivity index (χ1v) is 21.0. The lowest BCUT2D eigenvalue weighted by molar-refractivity contribution is 0.314. The van der Waals surface area contributed by atoms with E-state index in [1.54, 1.807) is 0 Å². The summed E-state index contributed by atoms with van der Waals surface area (Å²) in [4.78, 5) is 7.51. The minimum atomic E-state index is 0.106. The maximum atomic E-state index is 2.56. The summed E-state index contributed by atoms with van der Waals surface area (Å²) in [6, 6.07) is 30.2. The number of benzene rings is 4. The van der Waals surface area contributed by atoms with Gasteiger partial charge in [-0.25, -0.2) is 0 Å². The Balaban J connectivity index is 1.75. The van der Waals surface area contributed by atoms with Crippen LogP contribution in [-0.2, 0) is 5.41 Å². The fourth-order valence-corrected chi connectivity index (χ4v) is 7.34. The van der Waals surface area contributed by atoms with Crippen LogP contribution in [0.15, 0.2) is 126 Å². The molecule has 4 heteroatoms. The summed E-state index contributed by atoms with van der Waals surface area (Å²) in [6.07, 6.45) is 13.7. The van der Waals surface area contributed by atoms with Gasteiger partial charge in [-0.1, -0.05) is 127 Å².